The average Bonchev–Trinajstić information content (AvgIpc) is 3.89. The van der Waals surface area contributed by atoms with Crippen LogP contribution >= 0.6 is 23.1 Å². The summed E-state index contributed by atoms with van der Waals surface area (Å²) in [6.45, 7) is 0. The number of hydrogen-bond donors (Lipinski definition) is 0. The van der Waals surface area contributed by atoms with Crippen LogP contribution in [0.4, 0.5) is 5.69 Å². The van der Waals surface area contributed by atoms with E-state index >= 15 is 0 Å². The maximum Gasteiger partial charge on any atom is 0.0598 e. The molecule has 5 unspecified atom stereocenters. The molecule has 3 heteroatoms. The molecule has 1 nitrogen and oxygen atoms in total. The first-order valence-electron chi connectivity index (χ1n) is 21.5. The number of anilines is 1. The molecule has 0 spiro atoms. The zero-order chi connectivity index (χ0) is 38.9. The Morgan fingerprint density at radius 1 is 0.576 bits per heavy atom. The van der Waals surface area contributed by atoms with E-state index in [0.717, 1.165) is 32.1 Å². The fraction of sp³-hybridized carbons (Fsp3) is 0.179. The van der Waals surface area contributed by atoms with Gasteiger partial charge in [0.05, 0.1) is 16.4 Å². The Hall–Kier alpha value is -5.61. The molecule has 1 aromatic heterocycles. The highest BCUT2D eigenvalue weighted by Crippen LogP contribution is 2.52. The normalized spacial score (nSPS) is 24.5. The largest absolute Gasteiger partial charge is 0.333 e. The smallest absolute Gasteiger partial charge is 0.0598 e. The highest BCUT2D eigenvalue weighted by atomic mass is 32.2. The molecular weight excluding hydrogens is 751 g/mol. The van der Waals surface area contributed by atoms with Gasteiger partial charge in [0.25, 0.3) is 0 Å². The lowest BCUT2D eigenvalue weighted by Crippen LogP contribution is -2.34. The van der Waals surface area contributed by atoms with E-state index in [1.165, 1.54) is 75.4 Å². The van der Waals surface area contributed by atoms with Crippen molar-refractivity contribution in [2.45, 2.75) is 48.6 Å². The summed E-state index contributed by atoms with van der Waals surface area (Å²) in [7, 11) is 0. The van der Waals surface area contributed by atoms with Gasteiger partial charge in [0.15, 0.2) is 0 Å². The van der Waals surface area contributed by atoms with Crippen molar-refractivity contribution < 1.29 is 0 Å². The molecule has 0 radical (unpaired) electrons. The Morgan fingerprint density at radius 3 is 2.29 bits per heavy atom. The van der Waals surface area contributed by atoms with E-state index < -0.39 is 0 Å². The van der Waals surface area contributed by atoms with Crippen LogP contribution < -0.4 is 4.90 Å². The fourth-order valence-electron chi connectivity index (χ4n) is 10.5. The Bertz CT molecular complexity index is 3040. The Balaban J connectivity index is 0.935. The van der Waals surface area contributed by atoms with Gasteiger partial charge < -0.3 is 4.90 Å². The average molecular weight is 796 g/mol. The van der Waals surface area contributed by atoms with Gasteiger partial charge in [-0.25, -0.2) is 0 Å². The van der Waals surface area contributed by atoms with Gasteiger partial charge in [0, 0.05) is 43.5 Å². The van der Waals surface area contributed by atoms with Crippen molar-refractivity contribution in [1.29, 1.82) is 0 Å². The molecule has 1 fully saturated rings. The van der Waals surface area contributed by atoms with Crippen LogP contribution in [0.15, 0.2) is 199 Å². The SMILES string of the molecule is C1=CC2SC3CC=CC(C4C=CC(N(c5cccc6c5sc5c(C7=CCCC=C7)cccc56)C5C=CC(c6ccc7ccc8ccccc8c7c6)=CC5)=CC4)=C3C2C=C1. The third kappa shape index (κ3) is 6.04. The molecule has 5 aliphatic carbocycles. The van der Waals surface area contributed by atoms with Gasteiger partial charge in [-0.05, 0) is 105 Å². The minimum atomic E-state index is 0.180. The second kappa shape index (κ2) is 14.6. The van der Waals surface area contributed by atoms with Crippen LogP contribution in [-0.4, -0.2) is 16.5 Å². The summed E-state index contributed by atoms with van der Waals surface area (Å²) in [6.07, 6.45) is 41.5. The Morgan fingerprint density at radius 2 is 1.42 bits per heavy atom. The summed E-state index contributed by atoms with van der Waals surface area (Å²) in [5, 5.41) is 9.08. The molecule has 5 aromatic carbocycles. The number of thioether (sulfide) groups is 1. The predicted molar refractivity (Wildman–Crippen MR) is 258 cm³/mol. The molecule has 286 valence electrons. The number of nitrogens with zero attached hydrogens (tertiary/aromatic N) is 1. The van der Waals surface area contributed by atoms with E-state index in [4.69, 9.17) is 0 Å². The molecule has 59 heavy (non-hydrogen) atoms. The number of fused-ring (bicyclic) bond motifs is 9. The van der Waals surface area contributed by atoms with Gasteiger partial charge in [0.1, 0.15) is 0 Å². The first kappa shape index (κ1) is 35.3. The zero-order valence-electron chi connectivity index (χ0n) is 33.0. The molecule has 5 atom stereocenters. The minimum absolute atomic E-state index is 0.180. The van der Waals surface area contributed by atoms with Crippen LogP contribution in [0.1, 0.15) is 43.2 Å². The maximum absolute atomic E-state index is 2.66. The van der Waals surface area contributed by atoms with Crippen LogP contribution in [0.25, 0.3) is 52.9 Å². The monoisotopic (exact) mass is 795 g/mol. The van der Waals surface area contributed by atoms with E-state index in [-0.39, 0.29) is 6.04 Å². The quantitative estimate of drug-likeness (QED) is 0.155. The van der Waals surface area contributed by atoms with Gasteiger partial charge >= 0.3 is 0 Å². The minimum Gasteiger partial charge on any atom is -0.333 e. The second-order valence-corrected chi connectivity index (χ2v) is 19.2. The standard InChI is InChI=1S/C56H45NS2/c1-2-11-37(12-3-1)46-17-8-18-47-48-19-9-20-51(56(48)59-55(46)47)57(43-33-29-39(30-34-43)45-16-10-22-53-54(45)49-15-6-7-21-52(49)58-53)42-31-27-36(28-32-42)41-26-25-40-24-23-38-13-4-5-14-44(38)50(40)35-41/h2,4-21,23-29,31,33-35,39,42,49,52-53H,1,3,22,30,32H2. The van der Waals surface area contributed by atoms with Crippen molar-refractivity contribution in [2.24, 2.45) is 11.8 Å². The van der Waals surface area contributed by atoms with Crippen molar-refractivity contribution in [3.63, 3.8) is 0 Å². The topological polar surface area (TPSA) is 3.24 Å². The molecular formula is C56H45NS2. The molecule has 6 aromatic rings. The molecule has 0 N–H and O–H groups in total. The summed E-state index contributed by atoms with van der Waals surface area (Å²) in [5.74, 6) is 0.917. The zero-order valence-corrected chi connectivity index (χ0v) is 34.6. The lowest BCUT2D eigenvalue weighted by Gasteiger charge is -2.36. The summed E-state index contributed by atoms with van der Waals surface area (Å²) in [4.78, 5) is 2.66. The van der Waals surface area contributed by atoms with Gasteiger partial charge in [0.2, 0.25) is 0 Å². The fourth-order valence-corrected chi connectivity index (χ4v) is 13.5. The van der Waals surface area contributed by atoms with Crippen LogP contribution in [0.5, 0.6) is 0 Å². The summed E-state index contributed by atoms with van der Waals surface area (Å²) in [5.41, 5.74) is 11.1. The predicted octanol–water partition coefficient (Wildman–Crippen LogP) is 15.3. The second-order valence-electron chi connectivity index (χ2n) is 16.8. The third-order valence-electron chi connectivity index (χ3n) is 13.4. The van der Waals surface area contributed by atoms with E-state index in [1.54, 1.807) is 11.1 Å². The highest BCUT2D eigenvalue weighted by Gasteiger charge is 2.40. The lowest BCUT2D eigenvalue weighted by atomic mass is 9.78. The molecule has 6 aliphatic rings. The molecule has 1 aliphatic heterocycles. The van der Waals surface area contributed by atoms with Crippen molar-refractivity contribution in [1.82, 2.24) is 0 Å². The van der Waals surface area contributed by atoms with Crippen molar-refractivity contribution >= 4 is 81.6 Å². The first-order chi connectivity index (χ1) is 29.2. The van der Waals surface area contributed by atoms with Crippen molar-refractivity contribution in [3.05, 3.63) is 210 Å². The molecule has 0 saturated carbocycles. The van der Waals surface area contributed by atoms with Crippen molar-refractivity contribution in [3.8, 4) is 0 Å². The summed E-state index contributed by atoms with van der Waals surface area (Å²) >= 11 is 4.14. The molecule has 0 amide bonds. The first-order valence-corrected chi connectivity index (χ1v) is 23.2. The van der Waals surface area contributed by atoms with E-state index in [0.29, 0.717) is 22.3 Å². The molecule has 0 bridgehead atoms. The summed E-state index contributed by atoms with van der Waals surface area (Å²) in [6, 6.07) is 34.3. The summed E-state index contributed by atoms with van der Waals surface area (Å²) < 4.78 is 2.75. The highest BCUT2D eigenvalue weighted by molar-refractivity contribution is 8.01. The Kier molecular flexibility index (Phi) is 8.74. The molecule has 1 saturated heterocycles. The number of thiophene rings is 1. The Labute approximate surface area is 355 Å². The van der Waals surface area contributed by atoms with Crippen LogP contribution in [-0.2, 0) is 0 Å². The van der Waals surface area contributed by atoms with Gasteiger partial charge in [-0.15, -0.1) is 23.1 Å². The van der Waals surface area contributed by atoms with Gasteiger partial charge in [-0.2, -0.15) is 0 Å². The number of rotatable bonds is 6. The number of hydrogen-bond acceptors (Lipinski definition) is 3. The van der Waals surface area contributed by atoms with Gasteiger partial charge in [-0.3, -0.25) is 0 Å². The third-order valence-corrected chi connectivity index (χ3v) is 16.2. The molecule has 2 heterocycles. The lowest BCUT2D eigenvalue weighted by molar-refractivity contribution is 0.690. The van der Waals surface area contributed by atoms with E-state index in [2.05, 4.69) is 199 Å². The number of allylic oxidation sites excluding steroid dienone is 15. The van der Waals surface area contributed by atoms with E-state index in [9.17, 15) is 0 Å². The number of benzene rings is 5. The molecule has 12 rings (SSSR count). The van der Waals surface area contributed by atoms with Crippen LogP contribution in [0, 0.1) is 11.8 Å². The van der Waals surface area contributed by atoms with Crippen molar-refractivity contribution in [2.75, 3.05) is 4.90 Å². The van der Waals surface area contributed by atoms with Crippen LogP contribution in [0.3, 0.4) is 0 Å². The van der Waals surface area contributed by atoms with Crippen LogP contribution in [0.2, 0.25) is 0 Å². The van der Waals surface area contributed by atoms with Gasteiger partial charge in [-0.1, -0.05) is 164 Å². The maximum atomic E-state index is 2.66. The van der Waals surface area contributed by atoms with E-state index in [1.807, 2.05) is 11.3 Å².